The molecule has 7 nitrogen and oxygen atoms in total. The highest BCUT2D eigenvalue weighted by molar-refractivity contribution is 7.98. The molecule has 3 aromatic rings. The quantitative estimate of drug-likeness (QED) is 0.647. The lowest BCUT2D eigenvalue weighted by molar-refractivity contribution is -0.135. The van der Waals surface area contributed by atoms with Gasteiger partial charge in [0.15, 0.2) is 11.0 Å². The first-order valence-corrected chi connectivity index (χ1v) is 10.4. The Morgan fingerprint density at radius 3 is 2.81 bits per heavy atom. The number of amides is 1. The summed E-state index contributed by atoms with van der Waals surface area (Å²) in [5.41, 5.74) is 1.92. The lowest BCUT2D eigenvalue weighted by Crippen LogP contribution is -2.37. The molecule has 1 fully saturated rings. The summed E-state index contributed by atoms with van der Waals surface area (Å²) >= 11 is 1.57. The minimum atomic E-state index is -0.314. The van der Waals surface area contributed by atoms with E-state index in [-0.39, 0.29) is 18.0 Å². The predicted molar refractivity (Wildman–Crippen MR) is 106 cm³/mol. The Balaban J connectivity index is 1.66. The van der Waals surface area contributed by atoms with Crippen molar-refractivity contribution in [2.24, 2.45) is 7.05 Å². The van der Waals surface area contributed by atoms with Gasteiger partial charge in [0.2, 0.25) is 5.91 Å². The summed E-state index contributed by atoms with van der Waals surface area (Å²) in [4.78, 5) is 20.0. The number of benzene rings is 1. The van der Waals surface area contributed by atoms with Crippen molar-refractivity contribution in [3.05, 3.63) is 35.9 Å². The van der Waals surface area contributed by atoms with Gasteiger partial charge in [-0.1, -0.05) is 23.9 Å². The number of nitrogens with zero attached hydrogens (tertiary/aromatic N) is 6. The van der Waals surface area contributed by atoms with Gasteiger partial charge in [-0.15, -0.1) is 10.2 Å². The minimum Gasteiger partial charge on any atom is -0.331 e. The summed E-state index contributed by atoms with van der Waals surface area (Å²) in [6, 6.07) is 7.63. The molecule has 0 saturated carbocycles. The number of fused-ring (bicyclic) bond motifs is 1. The first-order valence-electron chi connectivity index (χ1n) is 9.20. The molecule has 2 aromatic heterocycles. The highest BCUT2D eigenvalue weighted by Gasteiger charge is 2.36. The number of aryl methyl sites for hydroxylation is 1. The average molecular weight is 385 g/mol. The first-order chi connectivity index (χ1) is 13.0. The van der Waals surface area contributed by atoms with Gasteiger partial charge in [-0.05, 0) is 45.1 Å². The molecule has 1 aliphatic rings. The van der Waals surface area contributed by atoms with Gasteiger partial charge in [-0.3, -0.25) is 4.79 Å². The number of aromatic nitrogens is 5. The summed E-state index contributed by atoms with van der Waals surface area (Å²) in [5.74, 6) is 1.83. The molecule has 0 aliphatic carbocycles. The van der Waals surface area contributed by atoms with Crippen LogP contribution in [0.15, 0.2) is 29.4 Å². The number of hydrogen-bond donors (Lipinski definition) is 0. The standard InChI is InChI=1S/C19H24N6OS/c1-12(25-13(2)20-14-8-5-6-9-15(14)25)18(26)24-11-7-10-16(24)17-21-22-19(27-4)23(17)3/h5-6,8-9,12,16H,7,10-11H2,1-4H3/t12-,16+/m1/s1. The Morgan fingerprint density at radius 2 is 2.07 bits per heavy atom. The molecule has 0 unspecified atom stereocenters. The lowest BCUT2D eigenvalue weighted by atomic mass is 10.2. The molecule has 1 saturated heterocycles. The molecule has 0 N–H and O–H groups in total. The van der Waals surface area contributed by atoms with Gasteiger partial charge in [-0.25, -0.2) is 4.98 Å². The van der Waals surface area contributed by atoms with Crippen LogP contribution in [-0.2, 0) is 11.8 Å². The van der Waals surface area contributed by atoms with Gasteiger partial charge in [-0.2, -0.15) is 0 Å². The highest BCUT2D eigenvalue weighted by atomic mass is 32.2. The molecule has 1 aliphatic heterocycles. The van der Waals surface area contributed by atoms with E-state index in [4.69, 9.17) is 0 Å². The maximum absolute atomic E-state index is 13.4. The smallest absolute Gasteiger partial charge is 0.246 e. The van der Waals surface area contributed by atoms with Crippen molar-refractivity contribution in [1.29, 1.82) is 0 Å². The van der Waals surface area contributed by atoms with Gasteiger partial charge >= 0.3 is 0 Å². The van der Waals surface area contributed by atoms with E-state index >= 15 is 0 Å². The topological polar surface area (TPSA) is 68.8 Å². The zero-order valence-electron chi connectivity index (χ0n) is 16.1. The summed E-state index contributed by atoms with van der Waals surface area (Å²) < 4.78 is 4.04. The largest absolute Gasteiger partial charge is 0.331 e. The van der Waals surface area contributed by atoms with Crippen molar-refractivity contribution in [3.8, 4) is 0 Å². The van der Waals surface area contributed by atoms with Crippen LogP contribution in [0.1, 0.15) is 43.5 Å². The molecule has 2 atom stereocenters. The van der Waals surface area contributed by atoms with Gasteiger partial charge in [0.25, 0.3) is 0 Å². The third-order valence-corrected chi connectivity index (χ3v) is 6.12. The third kappa shape index (κ3) is 2.92. The van der Waals surface area contributed by atoms with Gasteiger partial charge < -0.3 is 14.0 Å². The van der Waals surface area contributed by atoms with Crippen LogP contribution in [0.5, 0.6) is 0 Å². The number of carbonyl (C=O) groups is 1. The average Bonchev–Trinajstić information content (AvgIpc) is 3.36. The van der Waals surface area contributed by atoms with E-state index in [2.05, 4.69) is 15.2 Å². The summed E-state index contributed by atoms with van der Waals surface area (Å²) in [6.07, 6.45) is 3.89. The van der Waals surface area contributed by atoms with E-state index in [9.17, 15) is 4.79 Å². The number of likely N-dealkylation sites (tertiary alicyclic amines) is 1. The number of imidazole rings is 1. The molecule has 8 heteroatoms. The molecular weight excluding hydrogens is 360 g/mol. The first kappa shape index (κ1) is 18.0. The van der Waals surface area contributed by atoms with Crippen LogP contribution in [0.3, 0.4) is 0 Å². The van der Waals surface area contributed by atoms with Crippen LogP contribution in [0, 0.1) is 6.92 Å². The molecule has 0 spiro atoms. The van der Waals surface area contributed by atoms with Crippen molar-refractivity contribution in [2.75, 3.05) is 12.8 Å². The monoisotopic (exact) mass is 384 g/mol. The zero-order valence-corrected chi connectivity index (χ0v) is 16.9. The van der Waals surface area contributed by atoms with Crippen molar-refractivity contribution in [2.45, 2.75) is 43.9 Å². The predicted octanol–water partition coefficient (Wildman–Crippen LogP) is 3.12. The summed E-state index contributed by atoms with van der Waals surface area (Å²) in [6.45, 7) is 4.67. The number of hydrogen-bond acceptors (Lipinski definition) is 5. The Bertz CT molecular complexity index is 993. The van der Waals surface area contributed by atoms with E-state index < -0.39 is 0 Å². The van der Waals surface area contributed by atoms with Gasteiger partial charge in [0.05, 0.1) is 17.1 Å². The Labute approximate surface area is 162 Å². The van der Waals surface area contributed by atoms with E-state index in [1.807, 2.05) is 65.5 Å². The second kappa shape index (κ2) is 6.99. The number of thioether (sulfide) groups is 1. The normalized spacial score (nSPS) is 18.4. The number of para-hydroxylation sites is 2. The van der Waals surface area contributed by atoms with Crippen LogP contribution in [0.2, 0.25) is 0 Å². The van der Waals surface area contributed by atoms with E-state index in [1.54, 1.807) is 11.8 Å². The fourth-order valence-electron chi connectivity index (χ4n) is 4.10. The summed E-state index contributed by atoms with van der Waals surface area (Å²) in [7, 11) is 1.97. The molecule has 1 amide bonds. The van der Waals surface area contributed by atoms with E-state index in [1.165, 1.54) is 0 Å². The van der Waals surface area contributed by atoms with Gasteiger partial charge in [0, 0.05) is 13.6 Å². The SMILES string of the molecule is CSc1nnc([C@@H]2CCCN2C(=O)[C@@H](C)n2c(C)nc3ccccc32)n1C. The molecular formula is C19H24N6OS. The molecule has 0 bridgehead atoms. The molecule has 3 heterocycles. The van der Waals surface area contributed by atoms with Crippen LogP contribution in [0.25, 0.3) is 11.0 Å². The number of rotatable bonds is 4. The fourth-order valence-corrected chi connectivity index (χ4v) is 4.59. The lowest BCUT2D eigenvalue weighted by Gasteiger charge is -2.28. The molecule has 142 valence electrons. The van der Waals surface area contributed by atoms with E-state index in [0.29, 0.717) is 0 Å². The van der Waals surface area contributed by atoms with Crippen LogP contribution in [-0.4, -0.2) is 47.9 Å². The third-order valence-electron chi connectivity index (χ3n) is 5.40. The minimum absolute atomic E-state index is 0.0200. The maximum Gasteiger partial charge on any atom is 0.246 e. The van der Waals surface area contributed by atoms with Crippen LogP contribution >= 0.6 is 11.8 Å². The Hall–Kier alpha value is -2.35. The van der Waals surface area contributed by atoms with Gasteiger partial charge in [0.1, 0.15) is 11.9 Å². The Kier molecular flexibility index (Phi) is 4.67. The fraction of sp³-hybridized carbons (Fsp3) is 0.474. The number of carbonyl (C=O) groups excluding carboxylic acids is 1. The summed E-state index contributed by atoms with van der Waals surface area (Å²) in [5, 5.41) is 9.48. The molecule has 0 radical (unpaired) electrons. The highest BCUT2D eigenvalue weighted by Crippen LogP contribution is 2.34. The van der Waals surface area contributed by atoms with Crippen molar-refractivity contribution in [3.63, 3.8) is 0 Å². The second-order valence-electron chi connectivity index (χ2n) is 6.99. The maximum atomic E-state index is 13.4. The van der Waals surface area contributed by atoms with E-state index in [0.717, 1.165) is 47.2 Å². The van der Waals surface area contributed by atoms with Crippen LogP contribution in [0.4, 0.5) is 0 Å². The molecule has 4 rings (SSSR count). The van der Waals surface area contributed by atoms with Crippen LogP contribution < -0.4 is 0 Å². The van der Waals surface area contributed by atoms with Crippen molar-refractivity contribution >= 4 is 28.7 Å². The second-order valence-corrected chi connectivity index (χ2v) is 7.76. The Morgan fingerprint density at radius 1 is 1.30 bits per heavy atom. The molecule has 27 heavy (non-hydrogen) atoms. The van der Waals surface area contributed by atoms with Crippen molar-refractivity contribution < 1.29 is 4.79 Å². The zero-order chi connectivity index (χ0) is 19.1. The molecule has 1 aromatic carbocycles. The van der Waals surface area contributed by atoms with Crippen molar-refractivity contribution in [1.82, 2.24) is 29.2 Å².